The second-order valence-electron chi connectivity index (χ2n) is 4.46. The van der Waals surface area contributed by atoms with Crippen molar-refractivity contribution < 1.29 is 14.6 Å². The van der Waals surface area contributed by atoms with Crippen LogP contribution >= 0.6 is 27.7 Å². The standard InChI is InChI=1S/C15H17BrN2O3S/c1-4-17-15-18(5-2)14(20)12(22-15)7-9-6-10(16)8-11(21-3)13(9)19/h6-8,19H,4-5H2,1-3H3/b12-7-,17-15?. The highest BCUT2D eigenvalue weighted by Gasteiger charge is 2.32. The molecule has 1 amide bonds. The maximum atomic E-state index is 12.4. The van der Waals surface area contributed by atoms with E-state index in [4.69, 9.17) is 4.74 Å². The van der Waals surface area contributed by atoms with E-state index >= 15 is 0 Å². The molecule has 2 rings (SSSR count). The molecule has 1 aromatic rings. The molecule has 22 heavy (non-hydrogen) atoms. The van der Waals surface area contributed by atoms with Gasteiger partial charge in [0.1, 0.15) is 0 Å². The lowest BCUT2D eigenvalue weighted by Gasteiger charge is -2.11. The first-order valence-electron chi connectivity index (χ1n) is 6.84. The molecular weight excluding hydrogens is 368 g/mol. The third-order valence-corrected chi connectivity index (χ3v) is 4.58. The number of ether oxygens (including phenoxy) is 1. The Morgan fingerprint density at radius 1 is 1.45 bits per heavy atom. The van der Waals surface area contributed by atoms with Crippen LogP contribution in [-0.2, 0) is 4.79 Å². The van der Waals surface area contributed by atoms with Crippen LogP contribution in [0, 0.1) is 0 Å². The van der Waals surface area contributed by atoms with Gasteiger partial charge in [-0.1, -0.05) is 15.9 Å². The number of carbonyl (C=O) groups is 1. The van der Waals surface area contributed by atoms with Crippen LogP contribution in [0.25, 0.3) is 6.08 Å². The van der Waals surface area contributed by atoms with Gasteiger partial charge < -0.3 is 9.84 Å². The number of phenols is 1. The van der Waals surface area contributed by atoms with E-state index in [1.807, 2.05) is 13.8 Å². The molecule has 1 aromatic carbocycles. The molecule has 0 saturated carbocycles. The zero-order chi connectivity index (χ0) is 16.3. The maximum Gasteiger partial charge on any atom is 0.266 e. The number of methoxy groups -OCH3 is 1. The molecule has 0 spiro atoms. The second-order valence-corrected chi connectivity index (χ2v) is 6.39. The lowest BCUT2D eigenvalue weighted by molar-refractivity contribution is -0.122. The molecule has 0 unspecified atom stereocenters. The fraction of sp³-hybridized carbons (Fsp3) is 0.333. The van der Waals surface area contributed by atoms with Gasteiger partial charge in [-0.15, -0.1) is 0 Å². The highest BCUT2D eigenvalue weighted by molar-refractivity contribution is 9.10. The smallest absolute Gasteiger partial charge is 0.266 e. The van der Waals surface area contributed by atoms with Gasteiger partial charge in [0.2, 0.25) is 0 Å². The Morgan fingerprint density at radius 2 is 2.18 bits per heavy atom. The predicted molar refractivity (Wildman–Crippen MR) is 93.3 cm³/mol. The summed E-state index contributed by atoms with van der Waals surface area (Å²) in [6.07, 6.45) is 1.66. The molecule has 1 heterocycles. The van der Waals surface area contributed by atoms with Crippen LogP contribution in [-0.4, -0.2) is 41.3 Å². The van der Waals surface area contributed by atoms with E-state index in [1.54, 1.807) is 23.1 Å². The number of amides is 1. The largest absolute Gasteiger partial charge is 0.504 e. The summed E-state index contributed by atoms with van der Waals surface area (Å²) in [5.41, 5.74) is 0.524. The Labute approximate surface area is 142 Å². The molecule has 0 aliphatic carbocycles. The number of hydrogen-bond donors (Lipinski definition) is 1. The van der Waals surface area contributed by atoms with Gasteiger partial charge in [-0.2, -0.15) is 0 Å². The maximum absolute atomic E-state index is 12.4. The molecule has 0 atom stereocenters. The molecule has 0 aromatic heterocycles. The fourth-order valence-electron chi connectivity index (χ4n) is 2.04. The minimum Gasteiger partial charge on any atom is -0.504 e. The van der Waals surface area contributed by atoms with E-state index < -0.39 is 0 Å². The van der Waals surface area contributed by atoms with Crippen molar-refractivity contribution in [2.75, 3.05) is 20.2 Å². The van der Waals surface area contributed by atoms with Gasteiger partial charge in [0.05, 0.1) is 12.0 Å². The lowest BCUT2D eigenvalue weighted by atomic mass is 10.1. The molecular formula is C15H17BrN2O3S. The van der Waals surface area contributed by atoms with Gasteiger partial charge >= 0.3 is 0 Å². The van der Waals surface area contributed by atoms with Gasteiger partial charge in [0, 0.05) is 23.1 Å². The van der Waals surface area contributed by atoms with Crippen molar-refractivity contribution >= 4 is 44.8 Å². The summed E-state index contributed by atoms with van der Waals surface area (Å²) >= 11 is 4.69. The zero-order valence-electron chi connectivity index (χ0n) is 12.6. The fourth-order valence-corrected chi connectivity index (χ4v) is 3.59. The summed E-state index contributed by atoms with van der Waals surface area (Å²) in [5, 5.41) is 10.9. The van der Waals surface area contributed by atoms with Crippen LogP contribution in [0.5, 0.6) is 11.5 Å². The van der Waals surface area contributed by atoms with Crippen LogP contribution in [0.2, 0.25) is 0 Å². The third kappa shape index (κ3) is 3.30. The molecule has 1 N–H and O–H groups in total. The monoisotopic (exact) mass is 384 g/mol. The van der Waals surface area contributed by atoms with Gasteiger partial charge in [0.25, 0.3) is 5.91 Å². The minimum atomic E-state index is -0.0990. The molecule has 118 valence electrons. The molecule has 1 saturated heterocycles. The highest BCUT2D eigenvalue weighted by atomic mass is 79.9. The van der Waals surface area contributed by atoms with E-state index in [0.29, 0.717) is 34.5 Å². The van der Waals surface area contributed by atoms with Crippen LogP contribution in [0.3, 0.4) is 0 Å². The second kappa shape index (κ2) is 7.19. The van der Waals surface area contributed by atoms with Crippen molar-refractivity contribution in [3.8, 4) is 11.5 Å². The van der Waals surface area contributed by atoms with Crippen LogP contribution in [0.1, 0.15) is 19.4 Å². The number of thioether (sulfide) groups is 1. The zero-order valence-corrected chi connectivity index (χ0v) is 15.0. The number of halogens is 1. The molecule has 0 radical (unpaired) electrons. The summed E-state index contributed by atoms with van der Waals surface area (Å²) in [6.45, 7) is 5.02. The molecule has 7 heteroatoms. The van der Waals surface area contributed by atoms with Gasteiger partial charge in [0.15, 0.2) is 16.7 Å². The molecule has 1 aliphatic heterocycles. The van der Waals surface area contributed by atoms with E-state index in [-0.39, 0.29) is 11.7 Å². The topological polar surface area (TPSA) is 62.1 Å². The van der Waals surface area contributed by atoms with E-state index in [0.717, 1.165) is 4.47 Å². The van der Waals surface area contributed by atoms with E-state index in [1.165, 1.54) is 18.9 Å². The van der Waals surface area contributed by atoms with Crippen LogP contribution < -0.4 is 4.74 Å². The van der Waals surface area contributed by atoms with Crippen molar-refractivity contribution in [1.29, 1.82) is 0 Å². The Balaban J connectivity index is 2.44. The highest BCUT2D eigenvalue weighted by Crippen LogP contribution is 2.38. The number of phenolic OH excluding ortho intramolecular Hbond substituents is 1. The number of nitrogens with zero attached hydrogens (tertiary/aromatic N) is 2. The molecule has 1 fully saturated rings. The molecule has 5 nitrogen and oxygen atoms in total. The van der Waals surface area contributed by atoms with E-state index in [2.05, 4.69) is 20.9 Å². The van der Waals surface area contributed by atoms with Crippen molar-refractivity contribution in [1.82, 2.24) is 4.90 Å². The Hall–Kier alpha value is -1.47. The van der Waals surface area contributed by atoms with Crippen LogP contribution in [0.15, 0.2) is 26.5 Å². The van der Waals surface area contributed by atoms with Crippen LogP contribution in [0.4, 0.5) is 0 Å². The van der Waals surface area contributed by atoms with Gasteiger partial charge in [-0.25, -0.2) is 0 Å². The van der Waals surface area contributed by atoms with Crippen molar-refractivity contribution in [2.24, 2.45) is 4.99 Å². The van der Waals surface area contributed by atoms with Crippen molar-refractivity contribution in [2.45, 2.75) is 13.8 Å². The number of rotatable bonds is 4. The summed E-state index contributed by atoms with van der Waals surface area (Å²) in [7, 11) is 1.48. The van der Waals surface area contributed by atoms with E-state index in [9.17, 15) is 9.90 Å². The number of amidine groups is 1. The number of aliphatic imine (C=N–C) groups is 1. The van der Waals surface area contributed by atoms with Crippen molar-refractivity contribution in [3.05, 3.63) is 27.1 Å². The van der Waals surface area contributed by atoms with Gasteiger partial charge in [-0.3, -0.25) is 14.7 Å². The first-order chi connectivity index (χ1) is 10.5. The number of hydrogen-bond acceptors (Lipinski definition) is 5. The Bertz CT molecular complexity index is 658. The first kappa shape index (κ1) is 16.9. The summed E-state index contributed by atoms with van der Waals surface area (Å²) < 4.78 is 5.89. The van der Waals surface area contributed by atoms with Crippen molar-refractivity contribution in [3.63, 3.8) is 0 Å². The Kier molecular flexibility index (Phi) is 5.52. The number of aromatic hydroxyl groups is 1. The summed E-state index contributed by atoms with van der Waals surface area (Å²) in [4.78, 5) is 18.9. The average Bonchev–Trinajstić information content (AvgIpc) is 2.78. The SMILES string of the molecule is CCN=C1S/C(=C\c2cc(Br)cc(OC)c2O)C(=O)N1CC. The minimum absolute atomic E-state index is 0.00975. The summed E-state index contributed by atoms with van der Waals surface area (Å²) in [5.74, 6) is 0.264. The summed E-state index contributed by atoms with van der Waals surface area (Å²) in [6, 6.07) is 3.41. The molecule has 1 aliphatic rings. The van der Waals surface area contributed by atoms with Gasteiger partial charge in [-0.05, 0) is 43.8 Å². The first-order valence-corrected chi connectivity index (χ1v) is 8.45. The molecule has 0 bridgehead atoms. The normalized spacial score (nSPS) is 18.5. The number of likely N-dealkylation sites (N-methyl/N-ethyl adjacent to an activating group) is 1. The average molecular weight is 385 g/mol. The lowest BCUT2D eigenvalue weighted by Crippen LogP contribution is -2.28. The quantitative estimate of drug-likeness (QED) is 0.807. The number of benzene rings is 1. The number of carbonyl (C=O) groups excluding carboxylic acids is 1. The Morgan fingerprint density at radius 3 is 2.77 bits per heavy atom. The third-order valence-electron chi connectivity index (χ3n) is 3.07. The predicted octanol–water partition coefficient (Wildman–Crippen LogP) is 3.48.